The first kappa shape index (κ1) is 21.6. The SMILES string of the molecule is CC(NC(=O)c1ccc(C(=O)N2CCCC2CN)c(Cl)c1)c1nc2ccc(Cl)cc2[nH]1. The highest BCUT2D eigenvalue weighted by atomic mass is 35.5. The third-order valence-corrected chi connectivity index (χ3v) is 6.14. The van der Waals surface area contributed by atoms with Gasteiger partial charge in [0.05, 0.1) is 27.7 Å². The van der Waals surface area contributed by atoms with E-state index >= 15 is 0 Å². The van der Waals surface area contributed by atoms with Crippen molar-refractivity contribution in [3.05, 3.63) is 63.4 Å². The summed E-state index contributed by atoms with van der Waals surface area (Å²) in [5.74, 6) is 0.150. The van der Waals surface area contributed by atoms with Crippen LogP contribution in [0, 0.1) is 0 Å². The van der Waals surface area contributed by atoms with Crippen LogP contribution in [0.25, 0.3) is 11.0 Å². The first-order valence-electron chi connectivity index (χ1n) is 10.1. The molecule has 1 aliphatic heterocycles. The summed E-state index contributed by atoms with van der Waals surface area (Å²) >= 11 is 12.4. The molecule has 2 heterocycles. The van der Waals surface area contributed by atoms with Crippen molar-refractivity contribution in [2.75, 3.05) is 13.1 Å². The summed E-state index contributed by atoms with van der Waals surface area (Å²) in [6.07, 6.45) is 1.82. The van der Waals surface area contributed by atoms with Crippen LogP contribution >= 0.6 is 23.2 Å². The van der Waals surface area contributed by atoms with Gasteiger partial charge in [0.2, 0.25) is 0 Å². The number of carbonyl (C=O) groups is 2. The molecular formula is C22H23Cl2N5O2. The van der Waals surface area contributed by atoms with Gasteiger partial charge >= 0.3 is 0 Å². The number of nitrogens with two attached hydrogens (primary N) is 1. The molecule has 9 heteroatoms. The molecule has 7 nitrogen and oxygen atoms in total. The number of benzene rings is 2. The first-order chi connectivity index (χ1) is 14.9. The first-order valence-corrected chi connectivity index (χ1v) is 10.9. The van der Waals surface area contributed by atoms with Crippen LogP contribution < -0.4 is 11.1 Å². The van der Waals surface area contributed by atoms with Gasteiger partial charge in [-0.25, -0.2) is 4.98 Å². The van der Waals surface area contributed by atoms with Crippen molar-refractivity contribution in [1.29, 1.82) is 0 Å². The molecule has 4 N–H and O–H groups in total. The van der Waals surface area contributed by atoms with Crippen LogP contribution in [-0.2, 0) is 0 Å². The van der Waals surface area contributed by atoms with E-state index in [4.69, 9.17) is 28.9 Å². The Kier molecular flexibility index (Phi) is 6.18. The molecule has 4 rings (SSSR count). The second-order valence-electron chi connectivity index (χ2n) is 7.70. The van der Waals surface area contributed by atoms with Crippen LogP contribution in [0.2, 0.25) is 10.0 Å². The highest BCUT2D eigenvalue weighted by Crippen LogP contribution is 2.25. The quantitative estimate of drug-likeness (QED) is 0.537. The summed E-state index contributed by atoms with van der Waals surface area (Å²) < 4.78 is 0. The van der Waals surface area contributed by atoms with Gasteiger partial charge in [-0.1, -0.05) is 23.2 Å². The highest BCUT2D eigenvalue weighted by molar-refractivity contribution is 6.34. The molecule has 2 unspecified atom stereocenters. The molecule has 2 aromatic carbocycles. The fraction of sp³-hybridized carbons (Fsp3) is 0.318. The highest BCUT2D eigenvalue weighted by Gasteiger charge is 2.29. The molecule has 1 aliphatic rings. The van der Waals surface area contributed by atoms with Gasteiger partial charge in [-0.2, -0.15) is 0 Å². The Hall–Kier alpha value is -2.61. The minimum absolute atomic E-state index is 0.0334. The molecular weight excluding hydrogens is 437 g/mol. The third kappa shape index (κ3) is 4.39. The molecule has 1 saturated heterocycles. The zero-order valence-electron chi connectivity index (χ0n) is 17.0. The molecule has 3 aromatic rings. The molecule has 2 atom stereocenters. The van der Waals surface area contributed by atoms with Gasteiger partial charge in [0, 0.05) is 29.7 Å². The largest absolute Gasteiger partial charge is 0.342 e. The number of aromatic amines is 1. The van der Waals surface area contributed by atoms with Crippen molar-refractivity contribution in [2.45, 2.75) is 31.8 Å². The molecule has 0 aliphatic carbocycles. The van der Waals surface area contributed by atoms with E-state index in [2.05, 4.69) is 15.3 Å². The van der Waals surface area contributed by atoms with E-state index in [0.717, 1.165) is 23.9 Å². The van der Waals surface area contributed by atoms with Crippen molar-refractivity contribution in [3.8, 4) is 0 Å². The van der Waals surface area contributed by atoms with E-state index in [-0.39, 0.29) is 28.9 Å². The molecule has 0 spiro atoms. The summed E-state index contributed by atoms with van der Waals surface area (Å²) in [4.78, 5) is 35.0. The van der Waals surface area contributed by atoms with Gasteiger partial charge in [0.1, 0.15) is 5.82 Å². The Morgan fingerprint density at radius 2 is 2.10 bits per heavy atom. The van der Waals surface area contributed by atoms with Gasteiger partial charge in [0.25, 0.3) is 11.8 Å². The van der Waals surface area contributed by atoms with Crippen LogP contribution in [0.4, 0.5) is 0 Å². The molecule has 0 saturated carbocycles. The van der Waals surface area contributed by atoms with Crippen molar-refractivity contribution < 1.29 is 9.59 Å². The molecule has 0 bridgehead atoms. The number of nitrogens with zero attached hydrogens (tertiary/aromatic N) is 2. The monoisotopic (exact) mass is 459 g/mol. The average molecular weight is 460 g/mol. The molecule has 1 aromatic heterocycles. The Labute approximate surface area is 189 Å². The third-order valence-electron chi connectivity index (χ3n) is 5.59. The van der Waals surface area contributed by atoms with Gasteiger partial charge in [-0.15, -0.1) is 0 Å². The van der Waals surface area contributed by atoms with Gasteiger partial charge in [0.15, 0.2) is 0 Å². The Bertz CT molecular complexity index is 1150. The lowest BCUT2D eigenvalue weighted by Gasteiger charge is -2.24. The predicted molar refractivity (Wildman–Crippen MR) is 122 cm³/mol. The van der Waals surface area contributed by atoms with Crippen LogP contribution in [0.3, 0.4) is 0 Å². The molecule has 0 radical (unpaired) electrons. The van der Waals surface area contributed by atoms with Gasteiger partial charge < -0.3 is 20.9 Å². The summed E-state index contributed by atoms with van der Waals surface area (Å²) in [6, 6.07) is 9.75. The molecule has 162 valence electrons. The lowest BCUT2D eigenvalue weighted by atomic mass is 10.1. The number of nitrogens with one attached hydrogen (secondary N) is 2. The number of rotatable bonds is 5. The standard InChI is InChI=1S/C22H23Cl2N5O2/c1-12(20-27-18-7-5-14(23)10-19(18)28-20)26-21(30)13-4-6-16(17(24)9-13)22(31)29-8-2-3-15(29)11-25/h4-7,9-10,12,15H,2-3,8,11,25H2,1H3,(H,26,30)(H,27,28). The molecule has 2 amide bonds. The van der Waals surface area contributed by atoms with Crippen molar-refractivity contribution in [1.82, 2.24) is 20.2 Å². The predicted octanol–water partition coefficient (Wildman–Crippen LogP) is 3.92. The van der Waals surface area contributed by atoms with Crippen LogP contribution in [0.1, 0.15) is 52.3 Å². The van der Waals surface area contributed by atoms with E-state index < -0.39 is 0 Å². The second kappa shape index (κ2) is 8.86. The Morgan fingerprint density at radius 1 is 1.29 bits per heavy atom. The van der Waals surface area contributed by atoms with E-state index in [0.29, 0.717) is 35.1 Å². The Morgan fingerprint density at radius 3 is 2.84 bits per heavy atom. The maximum Gasteiger partial charge on any atom is 0.255 e. The molecule has 31 heavy (non-hydrogen) atoms. The van der Waals surface area contributed by atoms with Crippen molar-refractivity contribution >= 4 is 46.0 Å². The topological polar surface area (TPSA) is 104 Å². The number of imidazole rings is 1. The number of halogens is 2. The Balaban J connectivity index is 1.48. The number of amides is 2. The van der Waals surface area contributed by atoms with Crippen LogP contribution in [0.5, 0.6) is 0 Å². The lowest BCUT2D eigenvalue weighted by molar-refractivity contribution is 0.0740. The smallest absolute Gasteiger partial charge is 0.255 e. The number of likely N-dealkylation sites (tertiary alicyclic amines) is 1. The van der Waals surface area contributed by atoms with Crippen molar-refractivity contribution in [3.63, 3.8) is 0 Å². The number of hydrogen-bond donors (Lipinski definition) is 3. The maximum atomic E-state index is 12.9. The summed E-state index contributed by atoms with van der Waals surface area (Å²) in [5.41, 5.74) is 8.08. The molecule has 1 fully saturated rings. The minimum Gasteiger partial charge on any atom is -0.342 e. The van der Waals surface area contributed by atoms with E-state index in [1.165, 1.54) is 6.07 Å². The number of fused-ring (bicyclic) bond motifs is 1. The normalized spacial score (nSPS) is 17.2. The number of carbonyl (C=O) groups excluding carboxylic acids is 2. The van der Waals surface area contributed by atoms with Gasteiger partial charge in [-0.05, 0) is 56.2 Å². The van der Waals surface area contributed by atoms with Crippen LogP contribution in [0.15, 0.2) is 36.4 Å². The van der Waals surface area contributed by atoms with Crippen LogP contribution in [-0.4, -0.2) is 45.8 Å². The second-order valence-corrected chi connectivity index (χ2v) is 8.55. The summed E-state index contributed by atoms with van der Waals surface area (Å²) in [6.45, 7) is 2.92. The number of H-pyrrole nitrogens is 1. The van der Waals surface area contributed by atoms with Crippen molar-refractivity contribution in [2.24, 2.45) is 5.73 Å². The maximum absolute atomic E-state index is 12.9. The van der Waals surface area contributed by atoms with E-state index in [9.17, 15) is 9.59 Å². The summed E-state index contributed by atoms with van der Waals surface area (Å²) in [5, 5.41) is 3.75. The summed E-state index contributed by atoms with van der Waals surface area (Å²) in [7, 11) is 0. The lowest BCUT2D eigenvalue weighted by Crippen LogP contribution is -2.40. The van der Waals surface area contributed by atoms with Gasteiger partial charge in [-0.3, -0.25) is 9.59 Å². The zero-order valence-corrected chi connectivity index (χ0v) is 18.5. The number of hydrogen-bond acceptors (Lipinski definition) is 4. The average Bonchev–Trinajstić information content (AvgIpc) is 3.39. The van der Waals surface area contributed by atoms with E-state index in [1.54, 1.807) is 29.2 Å². The number of aromatic nitrogens is 2. The minimum atomic E-state index is -0.367. The fourth-order valence-corrected chi connectivity index (χ4v) is 4.32. The van der Waals surface area contributed by atoms with E-state index in [1.807, 2.05) is 13.0 Å². The fourth-order valence-electron chi connectivity index (χ4n) is 3.89. The zero-order chi connectivity index (χ0) is 22.1.